The molecule has 0 aromatic carbocycles. The van der Waals surface area contributed by atoms with Crippen LogP contribution in [0, 0.1) is 5.92 Å². The minimum atomic E-state index is -0.751. The van der Waals surface area contributed by atoms with Crippen molar-refractivity contribution in [3.05, 3.63) is 0 Å². The third-order valence-corrected chi connectivity index (χ3v) is 5.14. The van der Waals surface area contributed by atoms with Gasteiger partial charge in [0.25, 0.3) is 5.91 Å². The van der Waals surface area contributed by atoms with Gasteiger partial charge < -0.3 is 14.7 Å². The number of hydrogen-bond donors (Lipinski definition) is 1. The van der Waals surface area contributed by atoms with Crippen molar-refractivity contribution in [1.82, 2.24) is 4.90 Å². The van der Waals surface area contributed by atoms with E-state index < -0.39 is 5.97 Å². The fourth-order valence-electron chi connectivity index (χ4n) is 3.81. The highest BCUT2D eigenvalue weighted by molar-refractivity contribution is 5.80. The predicted molar refractivity (Wildman–Crippen MR) is 88.2 cm³/mol. The van der Waals surface area contributed by atoms with E-state index in [-0.39, 0.29) is 24.5 Å². The molecule has 1 aliphatic heterocycles. The third-order valence-electron chi connectivity index (χ3n) is 5.14. The van der Waals surface area contributed by atoms with Crippen LogP contribution >= 0.6 is 0 Å². The monoisotopic (exact) mass is 325 g/mol. The van der Waals surface area contributed by atoms with Gasteiger partial charge >= 0.3 is 5.97 Å². The quantitative estimate of drug-likeness (QED) is 0.762. The standard InChI is InChI=1S/C18H31NO4/c1-14(23-16-8-4-2-3-5-9-16)18(22)19-12-6-7-15(13-19)10-11-17(20)21/h14-16H,2-13H2,1H3,(H,20,21)/t14-,15+/m0/s1. The van der Waals surface area contributed by atoms with Gasteiger partial charge in [-0.25, -0.2) is 0 Å². The molecule has 23 heavy (non-hydrogen) atoms. The smallest absolute Gasteiger partial charge is 0.303 e. The lowest BCUT2D eigenvalue weighted by Crippen LogP contribution is -2.45. The van der Waals surface area contributed by atoms with Crippen LogP contribution in [0.3, 0.4) is 0 Å². The Bertz CT molecular complexity index is 390. The Kier molecular flexibility index (Phi) is 7.34. The van der Waals surface area contributed by atoms with Crippen LogP contribution in [0.4, 0.5) is 0 Å². The van der Waals surface area contributed by atoms with Crippen LogP contribution in [-0.2, 0) is 14.3 Å². The summed E-state index contributed by atoms with van der Waals surface area (Å²) < 4.78 is 6.03. The lowest BCUT2D eigenvalue weighted by molar-refractivity contribution is -0.148. The molecule has 5 nitrogen and oxygen atoms in total. The van der Waals surface area contributed by atoms with Gasteiger partial charge in [0.2, 0.25) is 0 Å². The summed E-state index contributed by atoms with van der Waals surface area (Å²) in [6.45, 7) is 3.33. The lowest BCUT2D eigenvalue weighted by Gasteiger charge is -2.35. The molecule has 2 rings (SSSR count). The number of nitrogens with zero attached hydrogens (tertiary/aromatic N) is 1. The van der Waals surface area contributed by atoms with Crippen LogP contribution in [0.15, 0.2) is 0 Å². The van der Waals surface area contributed by atoms with E-state index in [0.29, 0.717) is 18.9 Å². The number of amides is 1. The molecule has 0 aromatic rings. The molecule has 2 aliphatic rings. The topological polar surface area (TPSA) is 66.8 Å². The lowest BCUT2D eigenvalue weighted by atomic mass is 9.93. The maximum absolute atomic E-state index is 12.6. The minimum Gasteiger partial charge on any atom is -0.481 e. The minimum absolute atomic E-state index is 0.0780. The van der Waals surface area contributed by atoms with E-state index >= 15 is 0 Å². The first-order chi connectivity index (χ1) is 11.1. The molecule has 1 N–H and O–H groups in total. The molecule has 0 aromatic heterocycles. The molecule has 0 radical (unpaired) electrons. The number of piperidine rings is 1. The molecule has 0 unspecified atom stereocenters. The van der Waals surface area contributed by atoms with E-state index in [1.165, 1.54) is 25.7 Å². The number of carbonyl (C=O) groups is 2. The number of carboxylic acid groups (broad SMARTS) is 1. The van der Waals surface area contributed by atoms with Crippen LogP contribution in [0.5, 0.6) is 0 Å². The van der Waals surface area contributed by atoms with Crippen LogP contribution in [-0.4, -0.2) is 47.2 Å². The van der Waals surface area contributed by atoms with Crippen LogP contribution in [0.1, 0.15) is 71.1 Å². The number of carbonyl (C=O) groups excluding carboxylic acids is 1. The highest BCUT2D eigenvalue weighted by Crippen LogP contribution is 2.24. The van der Waals surface area contributed by atoms with E-state index in [1.807, 2.05) is 11.8 Å². The molecule has 2 atom stereocenters. The van der Waals surface area contributed by atoms with Gasteiger partial charge in [-0.2, -0.15) is 0 Å². The van der Waals surface area contributed by atoms with Crippen LogP contribution in [0.2, 0.25) is 0 Å². The number of ether oxygens (including phenoxy) is 1. The summed E-state index contributed by atoms with van der Waals surface area (Å²) in [6, 6.07) is 0. The second-order valence-electron chi connectivity index (χ2n) is 7.12. The molecule has 2 fully saturated rings. The average molecular weight is 325 g/mol. The molecule has 1 amide bonds. The second-order valence-corrected chi connectivity index (χ2v) is 7.12. The van der Waals surface area contributed by atoms with Crippen molar-refractivity contribution < 1.29 is 19.4 Å². The van der Waals surface area contributed by atoms with E-state index in [2.05, 4.69) is 0 Å². The van der Waals surface area contributed by atoms with Gasteiger partial charge in [-0.3, -0.25) is 9.59 Å². The van der Waals surface area contributed by atoms with Crippen molar-refractivity contribution in [3.8, 4) is 0 Å². The fraction of sp³-hybridized carbons (Fsp3) is 0.889. The molecule has 0 spiro atoms. The summed E-state index contributed by atoms with van der Waals surface area (Å²) in [4.78, 5) is 25.2. The fourth-order valence-corrected chi connectivity index (χ4v) is 3.81. The predicted octanol–water partition coefficient (Wildman–Crippen LogP) is 3.22. The Morgan fingerprint density at radius 3 is 2.48 bits per heavy atom. The van der Waals surface area contributed by atoms with Gasteiger partial charge in [0, 0.05) is 19.5 Å². The molecule has 1 aliphatic carbocycles. The van der Waals surface area contributed by atoms with Gasteiger partial charge in [-0.05, 0) is 44.9 Å². The molecule has 1 saturated heterocycles. The SMILES string of the molecule is C[C@H](OC1CCCCCC1)C(=O)N1CCC[C@H](CCC(=O)O)C1. The maximum Gasteiger partial charge on any atom is 0.303 e. The zero-order chi connectivity index (χ0) is 16.7. The number of hydrogen-bond acceptors (Lipinski definition) is 3. The molecule has 5 heteroatoms. The van der Waals surface area contributed by atoms with Gasteiger partial charge in [-0.15, -0.1) is 0 Å². The maximum atomic E-state index is 12.6. The van der Waals surface area contributed by atoms with Gasteiger partial charge in [-0.1, -0.05) is 25.7 Å². The van der Waals surface area contributed by atoms with E-state index in [1.54, 1.807) is 0 Å². The molecule has 1 saturated carbocycles. The molecule has 1 heterocycles. The molecular formula is C18H31NO4. The van der Waals surface area contributed by atoms with E-state index in [9.17, 15) is 9.59 Å². The largest absolute Gasteiger partial charge is 0.481 e. The Hall–Kier alpha value is -1.10. The number of likely N-dealkylation sites (tertiary alicyclic amines) is 1. The number of rotatable bonds is 6. The Morgan fingerprint density at radius 1 is 1.13 bits per heavy atom. The zero-order valence-corrected chi connectivity index (χ0v) is 14.3. The second kappa shape index (κ2) is 9.26. The van der Waals surface area contributed by atoms with Gasteiger partial charge in [0.15, 0.2) is 0 Å². The van der Waals surface area contributed by atoms with Gasteiger partial charge in [0.05, 0.1) is 6.10 Å². The average Bonchev–Trinajstić information content (AvgIpc) is 2.81. The molecule has 0 bridgehead atoms. The normalized spacial score (nSPS) is 24.9. The summed E-state index contributed by atoms with van der Waals surface area (Å²) in [5, 5.41) is 8.81. The van der Waals surface area contributed by atoms with Crippen molar-refractivity contribution in [2.45, 2.75) is 83.3 Å². The first-order valence-electron chi connectivity index (χ1n) is 9.22. The summed E-state index contributed by atoms with van der Waals surface area (Å²) >= 11 is 0. The van der Waals surface area contributed by atoms with Crippen molar-refractivity contribution in [2.24, 2.45) is 5.92 Å². The third kappa shape index (κ3) is 6.13. The highest BCUT2D eigenvalue weighted by atomic mass is 16.5. The van der Waals surface area contributed by atoms with Gasteiger partial charge in [0.1, 0.15) is 6.10 Å². The first-order valence-corrected chi connectivity index (χ1v) is 9.22. The zero-order valence-electron chi connectivity index (χ0n) is 14.3. The van der Waals surface area contributed by atoms with Crippen molar-refractivity contribution in [2.75, 3.05) is 13.1 Å². The van der Waals surface area contributed by atoms with Crippen molar-refractivity contribution >= 4 is 11.9 Å². The Morgan fingerprint density at radius 2 is 1.83 bits per heavy atom. The summed E-state index contributed by atoms with van der Waals surface area (Å²) in [5.41, 5.74) is 0. The van der Waals surface area contributed by atoms with E-state index in [0.717, 1.165) is 32.2 Å². The number of aliphatic carboxylic acids is 1. The summed E-state index contributed by atoms with van der Waals surface area (Å²) in [6.07, 6.45) is 9.79. The Labute approximate surface area is 139 Å². The molecule has 132 valence electrons. The van der Waals surface area contributed by atoms with E-state index in [4.69, 9.17) is 9.84 Å². The number of carboxylic acids is 1. The van der Waals surface area contributed by atoms with Crippen molar-refractivity contribution in [1.29, 1.82) is 0 Å². The van der Waals surface area contributed by atoms with Crippen LogP contribution < -0.4 is 0 Å². The highest BCUT2D eigenvalue weighted by Gasteiger charge is 2.29. The molecular weight excluding hydrogens is 294 g/mol. The summed E-state index contributed by atoms with van der Waals surface area (Å²) in [7, 11) is 0. The summed E-state index contributed by atoms with van der Waals surface area (Å²) in [5.74, 6) is -0.360. The Balaban J connectivity index is 1.79. The van der Waals surface area contributed by atoms with Crippen molar-refractivity contribution in [3.63, 3.8) is 0 Å². The first kappa shape index (κ1) is 18.2. The van der Waals surface area contributed by atoms with Crippen LogP contribution in [0.25, 0.3) is 0 Å².